The Labute approximate surface area is 178 Å². The molecule has 1 atom stereocenters. The zero-order valence-corrected chi connectivity index (χ0v) is 16.8. The van der Waals surface area contributed by atoms with Gasteiger partial charge in [0.15, 0.2) is 0 Å². The molecule has 1 aromatic heterocycles. The molecule has 0 saturated carbocycles. The van der Waals surface area contributed by atoms with Gasteiger partial charge in [0, 0.05) is 11.5 Å². The predicted molar refractivity (Wildman–Crippen MR) is 118 cm³/mol. The Balaban J connectivity index is 2.18. The Hall–Kier alpha value is -4.31. The topological polar surface area (TPSA) is 114 Å². The van der Waals surface area contributed by atoms with E-state index in [4.69, 9.17) is 10.5 Å². The highest BCUT2D eigenvalue weighted by atomic mass is 16.6. The first-order valence-corrected chi connectivity index (χ1v) is 9.78. The molecule has 2 aromatic carbocycles. The fraction of sp³-hybridized carbons (Fsp3) is 0.125. The molecule has 4 rings (SSSR count). The van der Waals surface area contributed by atoms with Crippen molar-refractivity contribution in [2.24, 2.45) is 5.73 Å². The summed E-state index contributed by atoms with van der Waals surface area (Å²) >= 11 is 0. The lowest BCUT2D eigenvalue weighted by Gasteiger charge is -2.22. The van der Waals surface area contributed by atoms with Crippen LogP contribution < -0.4 is 22.0 Å². The molecule has 31 heavy (non-hydrogen) atoms. The van der Waals surface area contributed by atoms with Crippen molar-refractivity contribution >= 4 is 17.8 Å². The molecule has 3 aromatic rings. The number of nitrogens with zero attached hydrogens (tertiary/aromatic N) is 3. The molecule has 0 radical (unpaired) electrons. The molecule has 0 fully saturated rings. The van der Waals surface area contributed by atoms with Gasteiger partial charge < -0.3 is 15.6 Å². The standard InChI is InChI=1S/C24H20N4O3/c1-2-31-23(29)20-19-13-17(15-9-5-3-6-10-15)18(14-25)22(26)28(19)24(30)27-21(20)16-11-7-4-8-12-16/h3-13,17,29H,2,26H2,1H3/b23-20+. The van der Waals surface area contributed by atoms with Gasteiger partial charge in [0.1, 0.15) is 11.0 Å². The monoisotopic (exact) mass is 412 g/mol. The van der Waals surface area contributed by atoms with Gasteiger partial charge in [0.25, 0.3) is 5.95 Å². The second kappa shape index (κ2) is 8.20. The molecular formula is C24H20N4O3. The summed E-state index contributed by atoms with van der Waals surface area (Å²) in [5.41, 5.74) is 7.63. The fourth-order valence-corrected chi connectivity index (χ4v) is 3.72. The van der Waals surface area contributed by atoms with E-state index in [0.29, 0.717) is 10.9 Å². The van der Waals surface area contributed by atoms with Crippen molar-refractivity contribution in [1.29, 1.82) is 5.26 Å². The third-order valence-corrected chi connectivity index (χ3v) is 5.11. The van der Waals surface area contributed by atoms with E-state index in [1.165, 1.54) is 0 Å². The van der Waals surface area contributed by atoms with Crippen LogP contribution in [0.4, 0.5) is 0 Å². The molecule has 0 aliphatic carbocycles. The van der Waals surface area contributed by atoms with Gasteiger partial charge in [-0.25, -0.2) is 9.36 Å². The molecule has 0 saturated heterocycles. The Bertz CT molecular complexity index is 1380. The second-order valence-corrected chi connectivity index (χ2v) is 6.91. The number of fused-ring (bicyclic) bond motifs is 1. The lowest BCUT2D eigenvalue weighted by atomic mass is 9.89. The van der Waals surface area contributed by atoms with Gasteiger partial charge in [0.05, 0.1) is 29.3 Å². The number of hydrogen-bond donors (Lipinski definition) is 2. The summed E-state index contributed by atoms with van der Waals surface area (Å²) in [4.78, 5) is 17.2. The van der Waals surface area contributed by atoms with Crippen LogP contribution in [0.25, 0.3) is 29.1 Å². The van der Waals surface area contributed by atoms with Crippen molar-refractivity contribution in [2.45, 2.75) is 12.8 Å². The van der Waals surface area contributed by atoms with Gasteiger partial charge in [-0.2, -0.15) is 10.2 Å². The van der Waals surface area contributed by atoms with E-state index in [-0.39, 0.29) is 34.9 Å². The number of aromatic nitrogens is 2. The molecule has 0 amide bonds. The maximum Gasteiger partial charge on any atom is 0.354 e. The maximum absolute atomic E-state index is 13.0. The number of rotatable bonds is 4. The highest BCUT2D eigenvalue weighted by molar-refractivity contribution is 5.69. The minimum absolute atomic E-state index is 0.0171. The summed E-state index contributed by atoms with van der Waals surface area (Å²) in [7, 11) is 0. The molecule has 7 nitrogen and oxygen atoms in total. The molecule has 1 aliphatic rings. The van der Waals surface area contributed by atoms with Crippen LogP contribution in [0.2, 0.25) is 0 Å². The third kappa shape index (κ3) is 3.45. The minimum Gasteiger partial charge on any atom is -0.480 e. The molecule has 1 aliphatic heterocycles. The first-order valence-electron chi connectivity index (χ1n) is 9.78. The SMILES string of the molecule is CCO/C(O)=c1/c(-c2ccccc2)nc(=O)n2c1=CC(c1ccccc1)C(C#N)=C2N. The quantitative estimate of drug-likeness (QED) is 0.675. The normalized spacial score (nSPS) is 16.1. The lowest BCUT2D eigenvalue weighted by molar-refractivity contribution is 0.189. The van der Waals surface area contributed by atoms with Crippen LogP contribution >= 0.6 is 0 Å². The summed E-state index contributed by atoms with van der Waals surface area (Å²) < 4.78 is 6.55. The average molecular weight is 412 g/mol. The van der Waals surface area contributed by atoms with Crippen LogP contribution in [0.3, 0.4) is 0 Å². The second-order valence-electron chi connectivity index (χ2n) is 6.91. The number of ether oxygens (including phenoxy) is 1. The number of hydrogen-bond acceptors (Lipinski definition) is 6. The average Bonchev–Trinajstić information content (AvgIpc) is 2.79. The van der Waals surface area contributed by atoms with Gasteiger partial charge >= 0.3 is 5.69 Å². The van der Waals surface area contributed by atoms with Crippen LogP contribution in [0, 0.1) is 11.3 Å². The highest BCUT2D eigenvalue weighted by Gasteiger charge is 2.26. The Morgan fingerprint density at radius 2 is 1.84 bits per heavy atom. The van der Waals surface area contributed by atoms with Gasteiger partial charge in [-0.1, -0.05) is 60.7 Å². The zero-order chi connectivity index (χ0) is 22.0. The summed E-state index contributed by atoms with van der Waals surface area (Å²) in [5.74, 6) is -0.879. The van der Waals surface area contributed by atoms with Crippen LogP contribution in [0.5, 0.6) is 0 Å². The number of nitriles is 1. The van der Waals surface area contributed by atoms with E-state index < -0.39 is 11.6 Å². The van der Waals surface area contributed by atoms with E-state index in [0.717, 1.165) is 10.1 Å². The van der Waals surface area contributed by atoms with Crippen LogP contribution in [0.1, 0.15) is 18.4 Å². The fourth-order valence-electron chi connectivity index (χ4n) is 3.72. The first-order chi connectivity index (χ1) is 15.1. The molecule has 154 valence electrons. The predicted octanol–water partition coefficient (Wildman–Crippen LogP) is 1.80. The summed E-state index contributed by atoms with van der Waals surface area (Å²) in [6, 6.07) is 20.5. The molecule has 7 heteroatoms. The van der Waals surface area contributed by atoms with E-state index >= 15 is 0 Å². The van der Waals surface area contributed by atoms with Crippen LogP contribution in [-0.4, -0.2) is 21.3 Å². The van der Waals surface area contributed by atoms with Crippen molar-refractivity contribution in [3.05, 3.63) is 92.9 Å². The van der Waals surface area contributed by atoms with Crippen molar-refractivity contribution in [3.8, 4) is 17.3 Å². The van der Waals surface area contributed by atoms with E-state index in [2.05, 4.69) is 11.1 Å². The third-order valence-electron chi connectivity index (χ3n) is 5.11. The Morgan fingerprint density at radius 1 is 1.19 bits per heavy atom. The van der Waals surface area contributed by atoms with Crippen LogP contribution in [-0.2, 0) is 4.74 Å². The number of benzene rings is 2. The van der Waals surface area contributed by atoms with Crippen molar-refractivity contribution in [3.63, 3.8) is 0 Å². The van der Waals surface area contributed by atoms with Gasteiger partial charge in [-0.05, 0) is 18.6 Å². The van der Waals surface area contributed by atoms with E-state index in [1.807, 2.05) is 48.5 Å². The molecular weight excluding hydrogens is 392 g/mol. The van der Waals surface area contributed by atoms with Crippen molar-refractivity contribution < 1.29 is 9.84 Å². The lowest BCUT2D eigenvalue weighted by Crippen LogP contribution is -2.50. The molecule has 1 unspecified atom stereocenters. The van der Waals surface area contributed by atoms with Gasteiger partial charge in [-0.3, -0.25) is 0 Å². The van der Waals surface area contributed by atoms with E-state index in [9.17, 15) is 15.2 Å². The zero-order valence-electron chi connectivity index (χ0n) is 16.8. The smallest absolute Gasteiger partial charge is 0.354 e. The number of aliphatic hydroxyl groups excluding tert-OH is 1. The van der Waals surface area contributed by atoms with E-state index in [1.54, 1.807) is 25.1 Å². The minimum atomic E-state index is -0.644. The number of allylic oxidation sites excluding steroid dienone is 1. The van der Waals surface area contributed by atoms with Gasteiger partial charge in [0.2, 0.25) is 0 Å². The molecule has 3 N–H and O–H groups in total. The molecule has 2 heterocycles. The van der Waals surface area contributed by atoms with Crippen molar-refractivity contribution in [2.75, 3.05) is 6.61 Å². The largest absolute Gasteiger partial charge is 0.480 e. The van der Waals surface area contributed by atoms with Crippen molar-refractivity contribution in [1.82, 2.24) is 9.55 Å². The van der Waals surface area contributed by atoms with Gasteiger partial charge in [-0.15, -0.1) is 0 Å². The molecule has 0 spiro atoms. The molecule has 0 bridgehead atoms. The summed E-state index contributed by atoms with van der Waals surface area (Å²) in [5, 5.41) is 21.1. The maximum atomic E-state index is 13.0. The van der Waals surface area contributed by atoms with Crippen LogP contribution in [0.15, 0.2) is 71.0 Å². The Morgan fingerprint density at radius 3 is 2.45 bits per heavy atom. The summed E-state index contributed by atoms with van der Waals surface area (Å²) in [6.07, 6.45) is 1.74. The highest BCUT2D eigenvalue weighted by Crippen LogP contribution is 2.29. The summed E-state index contributed by atoms with van der Waals surface area (Å²) in [6.45, 7) is 1.96. The number of aliphatic hydroxyl groups is 1. The number of nitrogens with two attached hydrogens (primary N) is 1. The first kappa shape index (κ1) is 20.0. The Kier molecular flexibility index (Phi) is 5.29.